The van der Waals surface area contributed by atoms with Crippen molar-refractivity contribution in [1.82, 2.24) is 0 Å². The summed E-state index contributed by atoms with van der Waals surface area (Å²) in [5.74, 6) is 0. The van der Waals surface area contributed by atoms with Gasteiger partial charge in [0.05, 0.1) is 11.2 Å². The quantitative estimate of drug-likeness (QED) is 0.752. The van der Waals surface area contributed by atoms with Gasteiger partial charge in [-0.3, -0.25) is 0 Å². The Morgan fingerprint density at radius 1 is 1.04 bits per heavy atom. The van der Waals surface area contributed by atoms with E-state index >= 15 is 0 Å². The first-order valence-corrected chi connectivity index (χ1v) is 9.88. The van der Waals surface area contributed by atoms with E-state index < -0.39 is 0 Å². The van der Waals surface area contributed by atoms with Crippen LogP contribution >= 0.6 is 11.3 Å². The van der Waals surface area contributed by atoms with Crippen LogP contribution in [0.15, 0.2) is 36.4 Å². The zero-order valence-corrected chi connectivity index (χ0v) is 16.3. The smallest absolute Gasteiger partial charge is 0.399 e. The number of hydrogen-bond acceptors (Lipinski definition) is 3. The summed E-state index contributed by atoms with van der Waals surface area (Å²) in [7, 11) is -0.254. The van der Waals surface area contributed by atoms with Crippen molar-refractivity contribution in [1.29, 1.82) is 0 Å². The number of benzene rings is 1. The third-order valence-electron chi connectivity index (χ3n) is 5.63. The first-order chi connectivity index (χ1) is 11.8. The number of fused-ring (bicyclic) bond motifs is 1. The van der Waals surface area contributed by atoms with Crippen LogP contribution in [0.3, 0.4) is 0 Å². The van der Waals surface area contributed by atoms with Crippen LogP contribution in [0.25, 0.3) is 6.08 Å². The molecule has 0 bridgehead atoms. The first kappa shape index (κ1) is 17.1. The van der Waals surface area contributed by atoms with Gasteiger partial charge in [-0.05, 0) is 63.3 Å². The Hall–Kier alpha value is -1.36. The second kappa shape index (κ2) is 6.12. The molecule has 1 aliphatic heterocycles. The average Bonchev–Trinajstić information content (AvgIpc) is 3.10. The molecule has 0 atom stereocenters. The molecule has 0 unspecified atom stereocenters. The van der Waals surface area contributed by atoms with E-state index in [1.807, 2.05) is 0 Å². The number of aryl methyl sites for hydroxylation is 1. The molecule has 2 nitrogen and oxygen atoms in total. The Bertz CT molecular complexity index is 803. The maximum Gasteiger partial charge on any atom is 0.505 e. The second-order valence-electron chi connectivity index (χ2n) is 8.04. The van der Waals surface area contributed by atoms with Crippen LogP contribution in [-0.2, 0) is 22.2 Å². The van der Waals surface area contributed by atoms with Gasteiger partial charge in [-0.15, -0.1) is 11.3 Å². The van der Waals surface area contributed by atoms with Crippen molar-refractivity contribution >= 4 is 29.3 Å². The maximum absolute atomic E-state index is 6.17. The molecule has 0 N–H and O–H groups in total. The normalized spacial score (nSPS) is 20.7. The maximum atomic E-state index is 6.17. The lowest BCUT2D eigenvalue weighted by molar-refractivity contribution is 0.00578. The van der Waals surface area contributed by atoms with E-state index in [0.717, 1.165) is 24.0 Å². The van der Waals surface area contributed by atoms with Gasteiger partial charge in [-0.25, -0.2) is 0 Å². The number of allylic oxidation sites excluding steroid dienone is 1. The van der Waals surface area contributed by atoms with Gasteiger partial charge >= 0.3 is 7.12 Å². The lowest BCUT2D eigenvalue weighted by Gasteiger charge is -2.32. The van der Waals surface area contributed by atoms with Crippen molar-refractivity contribution in [2.45, 2.75) is 58.2 Å². The highest BCUT2D eigenvalue weighted by atomic mass is 32.1. The number of rotatable bonds is 3. The molecule has 1 fully saturated rings. The SMILES string of the molecule is CC1(C)OB(c2ccc(Cc3ccc4c(c3)C=CCC4)s2)OC1(C)C. The summed E-state index contributed by atoms with van der Waals surface area (Å²) >= 11 is 1.80. The van der Waals surface area contributed by atoms with E-state index in [1.54, 1.807) is 11.3 Å². The minimum atomic E-state index is -0.285. The van der Waals surface area contributed by atoms with E-state index in [2.05, 4.69) is 70.2 Å². The van der Waals surface area contributed by atoms with Gasteiger partial charge in [0.25, 0.3) is 0 Å². The largest absolute Gasteiger partial charge is 0.505 e. The molecular formula is C21H25BO2S. The summed E-state index contributed by atoms with van der Waals surface area (Å²) in [4.78, 5) is 1.35. The van der Waals surface area contributed by atoms with Crippen LogP contribution in [0.1, 0.15) is 55.7 Å². The molecule has 130 valence electrons. The van der Waals surface area contributed by atoms with Gasteiger partial charge < -0.3 is 9.31 Å². The first-order valence-electron chi connectivity index (χ1n) is 9.07. The molecule has 1 saturated heterocycles. The van der Waals surface area contributed by atoms with Crippen molar-refractivity contribution < 1.29 is 9.31 Å². The summed E-state index contributed by atoms with van der Waals surface area (Å²) in [5.41, 5.74) is 3.65. The molecule has 0 amide bonds. The molecule has 1 aliphatic carbocycles. The Morgan fingerprint density at radius 3 is 2.56 bits per heavy atom. The molecule has 4 heteroatoms. The van der Waals surface area contributed by atoms with E-state index in [1.165, 1.54) is 21.6 Å². The highest BCUT2D eigenvalue weighted by molar-refractivity contribution is 7.22. The fourth-order valence-electron chi connectivity index (χ4n) is 3.36. The third kappa shape index (κ3) is 3.23. The van der Waals surface area contributed by atoms with E-state index in [0.29, 0.717) is 0 Å². The van der Waals surface area contributed by atoms with Gasteiger partial charge in [0.15, 0.2) is 0 Å². The molecule has 2 aliphatic rings. The van der Waals surface area contributed by atoms with Crippen LogP contribution in [0.5, 0.6) is 0 Å². The van der Waals surface area contributed by atoms with Crippen molar-refractivity contribution in [2.24, 2.45) is 0 Å². The topological polar surface area (TPSA) is 18.5 Å². The molecular weight excluding hydrogens is 327 g/mol. The van der Waals surface area contributed by atoms with E-state index in [4.69, 9.17) is 9.31 Å². The predicted octanol–water partition coefficient (Wildman–Crippen LogP) is 4.60. The zero-order chi connectivity index (χ0) is 17.7. The zero-order valence-electron chi connectivity index (χ0n) is 15.5. The van der Waals surface area contributed by atoms with Crippen molar-refractivity contribution in [2.75, 3.05) is 0 Å². The average molecular weight is 352 g/mol. The highest BCUT2D eigenvalue weighted by Gasteiger charge is 2.52. The van der Waals surface area contributed by atoms with Gasteiger partial charge in [0.2, 0.25) is 0 Å². The van der Waals surface area contributed by atoms with Gasteiger partial charge in [0, 0.05) is 16.1 Å². The number of thiophene rings is 1. The fourth-order valence-corrected chi connectivity index (χ4v) is 4.37. The standard InChI is InChI=1S/C21H25BO2S/c1-20(2)21(3,4)24-22(23-20)19-12-11-18(25-19)14-15-9-10-16-7-5-6-8-17(16)13-15/h6,8-13H,5,7,14H2,1-4H3. The fraction of sp³-hybridized carbons (Fsp3) is 0.429. The van der Waals surface area contributed by atoms with Crippen molar-refractivity contribution in [3.8, 4) is 0 Å². The summed E-state index contributed by atoms with van der Waals surface area (Å²) in [6, 6.07) is 11.3. The van der Waals surface area contributed by atoms with Crippen LogP contribution < -0.4 is 4.78 Å². The van der Waals surface area contributed by atoms with Crippen LogP contribution in [0.4, 0.5) is 0 Å². The minimum absolute atomic E-state index is 0.254. The molecule has 2 heterocycles. The Labute approximate surface area is 155 Å². The Balaban J connectivity index is 1.50. The Kier molecular flexibility index (Phi) is 4.18. The molecule has 1 aromatic heterocycles. The third-order valence-corrected chi connectivity index (χ3v) is 6.74. The van der Waals surface area contributed by atoms with Gasteiger partial charge in [0.1, 0.15) is 0 Å². The molecule has 4 rings (SSSR count). The minimum Gasteiger partial charge on any atom is -0.399 e. The monoisotopic (exact) mass is 352 g/mol. The molecule has 1 aromatic carbocycles. The molecule has 0 saturated carbocycles. The molecule has 0 spiro atoms. The number of hydrogen-bond donors (Lipinski definition) is 0. The van der Waals surface area contributed by atoms with E-state index in [9.17, 15) is 0 Å². The summed E-state index contributed by atoms with van der Waals surface area (Å²) < 4.78 is 13.5. The van der Waals surface area contributed by atoms with Crippen LogP contribution in [-0.4, -0.2) is 18.3 Å². The van der Waals surface area contributed by atoms with Gasteiger partial charge in [-0.2, -0.15) is 0 Å². The predicted molar refractivity (Wildman–Crippen MR) is 107 cm³/mol. The molecule has 0 radical (unpaired) electrons. The van der Waals surface area contributed by atoms with Crippen molar-refractivity contribution in [3.05, 3.63) is 58.0 Å². The lowest BCUT2D eigenvalue weighted by Crippen LogP contribution is -2.41. The van der Waals surface area contributed by atoms with Gasteiger partial charge in [-0.1, -0.05) is 36.4 Å². The summed E-state index contributed by atoms with van der Waals surface area (Å²) in [6.07, 6.45) is 7.82. The Morgan fingerprint density at radius 2 is 1.80 bits per heavy atom. The van der Waals surface area contributed by atoms with E-state index in [-0.39, 0.29) is 18.3 Å². The van der Waals surface area contributed by atoms with Crippen LogP contribution in [0, 0.1) is 0 Å². The molecule has 2 aromatic rings. The summed E-state index contributed by atoms with van der Waals surface area (Å²) in [5, 5.41) is 0. The molecule has 25 heavy (non-hydrogen) atoms. The summed E-state index contributed by atoms with van der Waals surface area (Å²) in [6.45, 7) is 8.40. The second-order valence-corrected chi connectivity index (χ2v) is 9.24. The van der Waals surface area contributed by atoms with Crippen LogP contribution in [0.2, 0.25) is 0 Å². The lowest BCUT2D eigenvalue weighted by atomic mass is 9.88. The highest BCUT2D eigenvalue weighted by Crippen LogP contribution is 2.37. The van der Waals surface area contributed by atoms with Crippen molar-refractivity contribution in [3.63, 3.8) is 0 Å².